The number of rotatable bonds is 7. The van der Waals surface area contributed by atoms with Crippen LogP contribution in [0.25, 0.3) is 0 Å². The van der Waals surface area contributed by atoms with Gasteiger partial charge in [0.1, 0.15) is 11.5 Å². The lowest BCUT2D eigenvalue weighted by Crippen LogP contribution is -2.22. The summed E-state index contributed by atoms with van der Waals surface area (Å²) in [6.07, 6.45) is 1.67. The molecule has 0 radical (unpaired) electrons. The molecule has 0 fully saturated rings. The first-order chi connectivity index (χ1) is 11.7. The molecule has 2 aromatic carbocycles. The molecule has 3 rings (SSSR count). The van der Waals surface area contributed by atoms with E-state index in [1.807, 2.05) is 54.6 Å². The lowest BCUT2D eigenvalue weighted by Gasteiger charge is -2.22. The van der Waals surface area contributed by atoms with Gasteiger partial charge in [0, 0.05) is 18.7 Å². The molecule has 0 aliphatic heterocycles. The number of aromatic hydroxyl groups is 1. The third-order valence-corrected chi connectivity index (χ3v) is 3.96. The van der Waals surface area contributed by atoms with Crippen molar-refractivity contribution in [3.05, 3.63) is 89.4 Å². The van der Waals surface area contributed by atoms with Crippen molar-refractivity contribution >= 4 is 0 Å². The molecule has 1 aromatic heterocycles. The minimum absolute atomic E-state index is 0.0499. The third kappa shape index (κ3) is 4.25. The van der Waals surface area contributed by atoms with Crippen LogP contribution in [0, 0.1) is 0 Å². The second kappa shape index (κ2) is 7.81. The number of para-hydroxylation sites is 1. The zero-order valence-electron chi connectivity index (χ0n) is 13.4. The van der Waals surface area contributed by atoms with Crippen LogP contribution in [-0.2, 0) is 26.2 Å². The number of phenols is 1. The lowest BCUT2D eigenvalue weighted by atomic mass is 10.1. The van der Waals surface area contributed by atoms with Crippen LogP contribution in [0.5, 0.6) is 5.75 Å². The van der Waals surface area contributed by atoms with Crippen LogP contribution in [-0.4, -0.2) is 15.1 Å². The van der Waals surface area contributed by atoms with E-state index in [9.17, 15) is 5.11 Å². The molecular formula is C20H21NO3. The van der Waals surface area contributed by atoms with Gasteiger partial charge in [-0.3, -0.25) is 4.90 Å². The number of hydrogen-bond donors (Lipinski definition) is 2. The van der Waals surface area contributed by atoms with Gasteiger partial charge in [0.05, 0.1) is 19.4 Å². The van der Waals surface area contributed by atoms with E-state index >= 15 is 0 Å². The summed E-state index contributed by atoms with van der Waals surface area (Å²) in [7, 11) is 0. The van der Waals surface area contributed by atoms with Gasteiger partial charge in [-0.1, -0.05) is 42.5 Å². The summed E-state index contributed by atoms with van der Waals surface area (Å²) in [6.45, 7) is 2.05. The van der Waals surface area contributed by atoms with Crippen LogP contribution < -0.4 is 0 Å². The maximum Gasteiger partial charge on any atom is 0.120 e. The third-order valence-electron chi connectivity index (χ3n) is 3.96. The number of nitrogens with zero attached hydrogens (tertiary/aromatic N) is 1. The van der Waals surface area contributed by atoms with Crippen LogP contribution in [0.4, 0.5) is 0 Å². The summed E-state index contributed by atoms with van der Waals surface area (Å²) in [6, 6.07) is 19.1. The van der Waals surface area contributed by atoms with Crippen molar-refractivity contribution in [3.8, 4) is 5.75 Å². The average molecular weight is 323 g/mol. The fourth-order valence-corrected chi connectivity index (χ4v) is 2.68. The number of benzene rings is 2. The van der Waals surface area contributed by atoms with Crippen molar-refractivity contribution in [1.82, 2.24) is 4.90 Å². The topological polar surface area (TPSA) is 56.8 Å². The number of furan rings is 1. The monoisotopic (exact) mass is 323 g/mol. The molecule has 0 saturated carbocycles. The van der Waals surface area contributed by atoms with Crippen molar-refractivity contribution < 1.29 is 14.6 Å². The molecule has 0 aliphatic carbocycles. The highest BCUT2D eigenvalue weighted by atomic mass is 16.3. The molecule has 0 spiro atoms. The summed E-state index contributed by atoms with van der Waals surface area (Å²) < 4.78 is 5.47. The molecule has 0 amide bonds. The fraction of sp³-hybridized carbons (Fsp3) is 0.200. The van der Waals surface area contributed by atoms with E-state index in [2.05, 4.69) is 4.90 Å². The van der Waals surface area contributed by atoms with E-state index in [1.54, 1.807) is 12.3 Å². The highest BCUT2D eigenvalue weighted by Crippen LogP contribution is 2.21. The van der Waals surface area contributed by atoms with E-state index in [-0.39, 0.29) is 6.61 Å². The molecule has 2 N–H and O–H groups in total. The molecule has 1 heterocycles. The molecule has 124 valence electrons. The molecule has 3 aromatic rings. The molecule has 4 nitrogen and oxygen atoms in total. The second-order valence-corrected chi connectivity index (χ2v) is 5.83. The van der Waals surface area contributed by atoms with Crippen molar-refractivity contribution in [2.24, 2.45) is 0 Å². The normalized spacial score (nSPS) is 11.1. The molecule has 0 aliphatic rings. The maximum atomic E-state index is 10.0. The number of aliphatic hydroxyl groups excluding tert-OH is 1. The highest BCUT2D eigenvalue weighted by molar-refractivity contribution is 5.31. The van der Waals surface area contributed by atoms with Crippen molar-refractivity contribution in [3.63, 3.8) is 0 Å². The van der Waals surface area contributed by atoms with Gasteiger partial charge in [-0.05, 0) is 29.3 Å². The van der Waals surface area contributed by atoms with E-state index < -0.39 is 0 Å². The van der Waals surface area contributed by atoms with Crippen LogP contribution >= 0.6 is 0 Å². The van der Waals surface area contributed by atoms with Gasteiger partial charge < -0.3 is 14.6 Å². The number of hydrogen-bond acceptors (Lipinski definition) is 4. The van der Waals surface area contributed by atoms with Gasteiger partial charge in [-0.25, -0.2) is 0 Å². The summed E-state index contributed by atoms with van der Waals surface area (Å²) in [5, 5.41) is 19.2. The molecule has 0 atom stereocenters. The van der Waals surface area contributed by atoms with Crippen LogP contribution in [0.15, 0.2) is 71.3 Å². The fourth-order valence-electron chi connectivity index (χ4n) is 2.68. The van der Waals surface area contributed by atoms with E-state index in [0.29, 0.717) is 18.8 Å². The van der Waals surface area contributed by atoms with Crippen molar-refractivity contribution in [2.45, 2.75) is 26.2 Å². The molecular weight excluding hydrogens is 302 g/mol. The molecule has 0 saturated heterocycles. The van der Waals surface area contributed by atoms with E-state index in [4.69, 9.17) is 9.52 Å². The molecule has 0 bridgehead atoms. The Labute approximate surface area is 141 Å². The minimum Gasteiger partial charge on any atom is -0.508 e. The zero-order chi connectivity index (χ0) is 16.8. The second-order valence-electron chi connectivity index (χ2n) is 5.83. The standard InChI is InChI=1S/C20H21NO3/c22-15-17-9-7-16(8-10-17)12-21(14-19-5-3-11-24-19)13-18-4-1-2-6-20(18)23/h1-11,22-23H,12-15H2. The first kappa shape index (κ1) is 16.3. The predicted molar refractivity (Wildman–Crippen MR) is 92.1 cm³/mol. The number of phenolic OH excluding ortho intramolecular Hbond substituents is 1. The molecule has 24 heavy (non-hydrogen) atoms. The van der Waals surface area contributed by atoms with Gasteiger partial charge in [0.15, 0.2) is 0 Å². The van der Waals surface area contributed by atoms with E-state index in [1.165, 1.54) is 0 Å². The summed E-state index contributed by atoms with van der Waals surface area (Å²) in [5.74, 6) is 1.19. The Balaban J connectivity index is 1.77. The Morgan fingerprint density at radius 3 is 2.21 bits per heavy atom. The molecule has 4 heteroatoms. The SMILES string of the molecule is OCc1ccc(CN(Cc2ccco2)Cc2ccccc2O)cc1. The van der Waals surface area contributed by atoms with Gasteiger partial charge >= 0.3 is 0 Å². The smallest absolute Gasteiger partial charge is 0.120 e. The van der Waals surface area contributed by atoms with Gasteiger partial charge in [0.25, 0.3) is 0 Å². The van der Waals surface area contributed by atoms with Crippen LogP contribution in [0.1, 0.15) is 22.5 Å². The minimum atomic E-state index is 0.0499. The largest absolute Gasteiger partial charge is 0.508 e. The van der Waals surface area contributed by atoms with E-state index in [0.717, 1.165) is 29.0 Å². The predicted octanol–water partition coefficient (Wildman–Crippen LogP) is 3.68. The lowest BCUT2D eigenvalue weighted by molar-refractivity contribution is 0.224. The zero-order valence-corrected chi connectivity index (χ0v) is 13.4. The summed E-state index contributed by atoms with van der Waals surface area (Å²) >= 11 is 0. The first-order valence-electron chi connectivity index (χ1n) is 7.95. The first-order valence-corrected chi connectivity index (χ1v) is 7.95. The highest BCUT2D eigenvalue weighted by Gasteiger charge is 2.12. The Morgan fingerprint density at radius 1 is 0.792 bits per heavy atom. The summed E-state index contributed by atoms with van der Waals surface area (Å²) in [4.78, 5) is 2.21. The van der Waals surface area contributed by atoms with Crippen LogP contribution in [0.2, 0.25) is 0 Å². The average Bonchev–Trinajstić information content (AvgIpc) is 3.10. The molecule has 0 unspecified atom stereocenters. The summed E-state index contributed by atoms with van der Waals surface area (Å²) in [5.41, 5.74) is 2.93. The van der Waals surface area contributed by atoms with Gasteiger partial charge in [-0.15, -0.1) is 0 Å². The van der Waals surface area contributed by atoms with Gasteiger partial charge in [-0.2, -0.15) is 0 Å². The number of aliphatic hydroxyl groups is 1. The Morgan fingerprint density at radius 2 is 1.54 bits per heavy atom. The Hall–Kier alpha value is -2.56. The Bertz CT molecular complexity index is 751. The maximum absolute atomic E-state index is 10.0. The van der Waals surface area contributed by atoms with Gasteiger partial charge in [0.2, 0.25) is 0 Å². The quantitative estimate of drug-likeness (QED) is 0.696. The van der Waals surface area contributed by atoms with Crippen LogP contribution in [0.3, 0.4) is 0 Å². The van der Waals surface area contributed by atoms with Crippen molar-refractivity contribution in [1.29, 1.82) is 0 Å². The van der Waals surface area contributed by atoms with Crippen molar-refractivity contribution in [2.75, 3.05) is 0 Å². The Kier molecular flexibility index (Phi) is 5.31.